The van der Waals surface area contributed by atoms with Crippen LogP contribution in [0.5, 0.6) is 0 Å². The molecule has 1 aliphatic heterocycles. The molecule has 120 valence electrons. The fraction of sp³-hybridized carbons (Fsp3) is 0.467. The first-order valence-corrected chi connectivity index (χ1v) is 8.09. The number of rotatable bonds is 4. The normalized spacial score (nSPS) is 14.1. The molecule has 2 aromatic rings. The summed E-state index contributed by atoms with van der Waals surface area (Å²) in [5, 5.41) is 11.8. The number of nitrogens with zero attached hydrogens (tertiary/aromatic N) is 3. The van der Waals surface area contributed by atoms with Crippen molar-refractivity contribution < 1.29 is 4.39 Å². The minimum Gasteiger partial charge on any atom is -0.314 e. The zero-order valence-electron chi connectivity index (χ0n) is 12.2. The van der Waals surface area contributed by atoms with E-state index in [1.807, 2.05) is 0 Å². The van der Waals surface area contributed by atoms with E-state index in [4.69, 9.17) is 0 Å². The minimum atomic E-state index is -0.189. The highest BCUT2D eigenvalue weighted by atomic mass is 79.9. The molecule has 7 heteroatoms. The summed E-state index contributed by atoms with van der Waals surface area (Å²) >= 11 is 3.36. The van der Waals surface area contributed by atoms with Crippen LogP contribution in [0.4, 0.5) is 4.39 Å². The summed E-state index contributed by atoms with van der Waals surface area (Å²) in [7, 11) is 0. The Bertz CT molecular complexity index is 632. The molecule has 22 heavy (non-hydrogen) atoms. The van der Waals surface area contributed by atoms with Crippen molar-refractivity contribution in [3.05, 3.63) is 45.7 Å². The van der Waals surface area contributed by atoms with Gasteiger partial charge in [-0.3, -0.25) is 0 Å². The monoisotopic (exact) mass is 388 g/mol. The molecule has 0 saturated heterocycles. The van der Waals surface area contributed by atoms with Gasteiger partial charge in [-0.2, -0.15) is 0 Å². The summed E-state index contributed by atoms with van der Waals surface area (Å²) < 4.78 is 16.8. The molecule has 0 fully saturated rings. The van der Waals surface area contributed by atoms with Gasteiger partial charge in [0, 0.05) is 29.5 Å². The molecule has 1 N–H and O–H groups in total. The van der Waals surface area contributed by atoms with Crippen molar-refractivity contribution in [3.63, 3.8) is 0 Å². The van der Waals surface area contributed by atoms with Gasteiger partial charge in [0.15, 0.2) is 0 Å². The van der Waals surface area contributed by atoms with Crippen molar-refractivity contribution in [1.82, 2.24) is 20.1 Å². The number of nitrogens with one attached hydrogen (secondary N) is 1. The molecule has 0 saturated carbocycles. The Morgan fingerprint density at radius 1 is 1.18 bits per heavy atom. The maximum atomic E-state index is 13.7. The number of benzene rings is 1. The van der Waals surface area contributed by atoms with E-state index >= 15 is 0 Å². The lowest BCUT2D eigenvalue weighted by Gasteiger charge is -2.09. The maximum Gasteiger partial charge on any atom is 0.147 e. The summed E-state index contributed by atoms with van der Waals surface area (Å²) in [6.07, 6.45) is 4.62. The van der Waals surface area contributed by atoms with E-state index in [2.05, 4.69) is 36.0 Å². The third-order valence-electron chi connectivity index (χ3n) is 3.79. The van der Waals surface area contributed by atoms with Gasteiger partial charge in [0.2, 0.25) is 0 Å². The fourth-order valence-corrected chi connectivity index (χ4v) is 3.07. The number of fused-ring (bicyclic) bond motifs is 1. The molecule has 2 heterocycles. The van der Waals surface area contributed by atoms with Crippen molar-refractivity contribution in [1.29, 1.82) is 0 Å². The fourth-order valence-electron chi connectivity index (χ4n) is 2.66. The first kappa shape index (κ1) is 17.4. The Morgan fingerprint density at radius 2 is 2.05 bits per heavy atom. The van der Waals surface area contributed by atoms with Gasteiger partial charge in [-0.05, 0) is 31.0 Å². The Hall–Kier alpha value is -0.980. The van der Waals surface area contributed by atoms with Crippen LogP contribution in [-0.2, 0) is 26.1 Å². The lowest BCUT2D eigenvalue weighted by atomic mass is 10.2. The summed E-state index contributed by atoms with van der Waals surface area (Å²) in [4.78, 5) is 0. The Balaban J connectivity index is 0.00000176. The molecular formula is C15H19BrClFN4. The van der Waals surface area contributed by atoms with Crippen molar-refractivity contribution in [2.45, 2.75) is 45.3 Å². The highest BCUT2D eigenvalue weighted by Crippen LogP contribution is 2.16. The Morgan fingerprint density at radius 3 is 2.91 bits per heavy atom. The molecular weight excluding hydrogens is 371 g/mol. The highest BCUT2D eigenvalue weighted by molar-refractivity contribution is 9.10. The molecule has 3 rings (SSSR count). The topological polar surface area (TPSA) is 42.7 Å². The first-order valence-electron chi connectivity index (χ1n) is 7.29. The second-order valence-electron chi connectivity index (χ2n) is 5.33. The smallest absolute Gasteiger partial charge is 0.147 e. The van der Waals surface area contributed by atoms with E-state index in [-0.39, 0.29) is 18.2 Å². The Labute approximate surface area is 144 Å². The van der Waals surface area contributed by atoms with E-state index in [1.54, 1.807) is 12.1 Å². The van der Waals surface area contributed by atoms with E-state index in [1.165, 1.54) is 25.3 Å². The lowest BCUT2D eigenvalue weighted by molar-refractivity contribution is 0.556. The number of aromatic nitrogens is 3. The van der Waals surface area contributed by atoms with Crippen molar-refractivity contribution >= 4 is 28.3 Å². The van der Waals surface area contributed by atoms with E-state index in [0.717, 1.165) is 29.1 Å². The van der Waals surface area contributed by atoms with Crippen LogP contribution in [0.2, 0.25) is 0 Å². The summed E-state index contributed by atoms with van der Waals surface area (Å²) in [5.41, 5.74) is 0.653. The number of halogens is 3. The highest BCUT2D eigenvalue weighted by Gasteiger charge is 2.14. The third kappa shape index (κ3) is 4.06. The SMILES string of the molecule is Cl.Fc1ccc(Br)cc1CNCc1nnc2n1CCCCC2. The molecule has 0 aliphatic carbocycles. The quantitative estimate of drug-likeness (QED) is 0.868. The van der Waals surface area contributed by atoms with Crippen LogP contribution in [0.25, 0.3) is 0 Å². The maximum absolute atomic E-state index is 13.7. The summed E-state index contributed by atoms with van der Waals surface area (Å²) in [5.74, 6) is 1.84. The predicted octanol–water partition coefficient (Wildman–Crippen LogP) is 3.62. The first-order chi connectivity index (χ1) is 10.2. The van der Waals surface area contributed by atoms with Crippen LogP contribution in [-0.4, -0.2) is 14.8 Å². The Kier molecular flexibility index (Phi) is 6.35. The average molecular weight is 390 g/mol. The van der Waals surface area contributed by atoms with Crippen LogP contribution in [0, 0.1) is 5.82 Å². The van der Waals surface area contributed by atoms with Crippen LogP contribution in [0.1, 0.15) is 36.5 Å². The van der Waals surface area contributed by atoms with Gasteiger partial charge >= 0.3 is 0 Å². The number of aryl methyl sites for hydroxylation is 1. The molecule has 0 unspecified atom stereocenters. The van der Waals surface area contributed by atoms with Gasteiger partial charge < -0.3 is 9.88 Å². The lowest BCUT2D eigenvalue weighted by Crippen LogP contribution is -2.18. The minimum absolute atomic E-state index is 0. The van der Waals surface area contributed by atoms with Gasteiger partial charge in [0.25, 0.3) is 0 Å². The second-order valence-corrected chi connectivity index (χ2v) is 6.25. The molecule has 0 spiro atoms. The van der Waals surface area contributed by atoms with Crippen LogP contribution >= 0.6 is 28.3 Å². The summed E-state index contributed by atoms with van der Waals surface area (Å²) in [6.45, 7) is 2.08. The zero-order chi connectivity index (χ0) is 14.7. The van der Waals surface area contributed by atoms with Crippen LogP contribution in [0.3, 0.4) is 0 Å². The molecule has 0 amide bonds. The zero-order valence-corrected chi connectivity index (χ0v) is 14.6. The van der Waals surface area contributed by atoms with E-state index < -0.39 is 0 Å². The predicted molar refractivity (Wildman–Crippen MR) is 89.5 cm³/mol. The number of hydrogen-bond acceptors (Lipinski definition) is 3. The van der Waals surface area contributed by atoms with E-state index in [0.29, 0.717) is 18.7 Å². The molecule has 0 atom stereocenters. The van der Waals surface area contributed by atoms with E-state index in [9.17, 15) is 4.39 Å². The molecule has 0 bridgehead atoms. The van der Waals surface area contributed by atoms with Crippen molar-refractivity contribution in [3.8, 4) is 0 Å². The molecule has 1 aromatic heterocycles. The molecule has 4 nitrogen and oxygen atoms in total. The van der Waals surface area contributed by atoms with Crippen LogP contribution < -0.4 is 5.32 Å². The number of hydrogen-bond donors (Lipinski definition) is 1. The molecule has 0 radical (unpaired) electrons. The summed E-state index contributed by atoms with van der Waals surface area (Å²) in [6, 6.07) is 4.98. The van der Waals surface area contributed by atoms with Gasteiger partial charge in [-0.1, -0.05) is 22.4 Å². The van der Waals surface area contributed by atoms with Gasteiger partial charge in [-0.25, -0.2) is 4.39 Å². The van der Waals surface area contributed by atoms with Gasteiger partial charge in [0.1, 0.15) is 17.5 Å². The molecule has 1 aromatic carbocycles. The largest absolute Gasteiger partial charge is 0.314 e. The van der Waals surface area contributed by atoms with Gasteiger partial charge in [0.05, 0.1) is 6.54 Å². The van der Waals surface area contributed by atoms with Crippen molar-refractivity contribution in [2.24, 2.45) is 0 Å². The molecule has 1 aliphatic rings. The van der Waals surface area contributed by atoms with Crippen LogP contribution in [0.15, 0.2) is 22.7 Å². The second kappa shape index (κ2) is 8.04. The van der Waals surface area contributed by atoms with Crippen molar-refractivity contribution in [2.75, 3.05) is 0 Å². The average Bonchev–Trinajstić information content (AvgIpc) is 2.71. The van der Waals surface area contributed by atoms with Gasteiger partial charge in [-0.15, -0.1) is 22.6 Å². The third-order valence-corrected chi connectivity index (χ3v) is 4.29. The standard InChI is InChI=1S/C15H18BrFN4.ClH/c16-12-5-6-13(17)11(8-12)9-18-10-15-20-19-14-4-2-1-3-7-21(14)15;/h5-6,8,18H,1-4,7,9-10H2;1H.